The third-order valence-electron chi connectivity index (χ3n) is 5.55. The number of carbonyl (C=O) groups is 2. The second-order valence-electron chi connectivity index (χ2n) is 7.73. The second-order valence-corrected chi connectivity index (χ2v) is 8.09. The number of amides is 2. The lowest BCUT2D eigenvalue weighted by Gasteiger charge is -2.24. The molecule has 2 aromatic carbocycles. The predicted molar refractivity (Wildman–Crippen MR) is 131 cm³/mol. The quantitative estimate of drug-likeness (QED) is 0.497. The fourth-order valence-corrected chi connectivity index (χ4v) is 4.19. The highest BCUT2D eigenvalue weighted by Gasteiger charge is 2.43. The van der Waals surface area contributed by atoms with Crippen LogP contribution in [0.15, 0.2) is 73.1 Å². The van der Waals surface area contributed by atoms with E-state index < -0.39 is 11.9 Å². The van der Waals surface area contributed by atoms with E-state index in [4.69, 9.17) is 17.0 Å². The fraction of sp³-hybridized carbons (Fsp3) is 0.200. The van der Waals surface area contributed by atoms with E-state index >= 15 is 0 Å². The van der Waals surface area contributed by atoms with E-state index in [2.05, 4.69) is 10.3 Å². The Morgan fingerprint density at radius 2 is 1.76 bits per heavy atom. The molecule has 1 unspecified atom stereocenters. The first kappa shape index (κ1) is 23.3. The number of methoxy groups -OCH3 is 1. The van der Waals surface area contributed by atoms with Crippen LogP contribution in [0.25, 0.3) is 0 Å². The topological polar surface area (TPSA) is 74.8 Å². The number of ether oxygens (including phenoxy) is 1. The van der Waals surface area contributed by atoms with Gasteiger partial charge in [0.15, 0.2) is 5.11 Å². The van der Waals surface area contributed by atoms with Gasteiger partial charge in [-0.1, -0.05) is 0 Å². The molecule has 1 atom stereocenters. The minimum Gasteiger partial charge on any atom is -0.497 e. The molecule has 9 heteroatoms. The van der Waals surface area contributed by atoms with Crippen LogP contribution in [0.4, 0.5) is 15.8 Å². The molecule has 0 aliphatic carbocycles. The lowest BCUT2D eigenvalue weighted by atomic mass is 10.1. The van der Waals surface area contributed by atoms with Crippen LogP contribution < -0.4 is 15.0 Å². The van der Waals surface area contributed by atoms with Gasteiger partial charge in [-0.2, -0.15) is 0 Å². The first-order chi connectivity index (χ1) is 16.5. The Morgan fingerprint density at radius 1 is 1.09 bits per heavy atom. The van der Waals surface area contributed by atoms with Gasteiger partial charge in [-0.05, 0) is 84.9 Å². The van der Waals surface area contributed by atoms with E-state index in [1.807, 2.05) is 12.1 Å². The number of thiocarbonyl (C=S) groups is 1. The van der Waals surface area contributed by atoms with Crippen molar-refractivity contribution in [1.82, 2.24) is 9.88 Å². The molecule has 1 aromatic heterocycles. The van der Waals surface area contributed by atoms with Gasteiger partial charge in [0.05, 0.1) is 19.2 Å². The number of nitrogens with zero attached hydrogens (tertiary/aromatic N) is 3. The van der Waals surface area contributed by atoms with Gasteiger partial charge in [0, 0.05) is 24.6 Å². The molecule has 2 amide bonds. The maximum Gasteiger partial charge on any atom is 0.256 e. The smallest absolute Gasteiger partial charge is 0.256 e. The Labute approximate surface area is 202 Å². The SMILES string of the molecule is COc1ccc(N2C(=O)C(CC(=O)Nc3ccc(F)cc3)N(CCc3ccncc3)C2=S)cc1. The van der Waals surface area contributed by atoms with Gasteiger partial charge >= 0.3 is 0 Å². The summed E-state index contributed by atoms with van der Waals surface area (Å²) in [6, 6.07) is 15.5. The normalized spacial score (nSPS) is 15.5. The molecule has 1 fully saturated rings. The maximum atomic E-state index is 13.5. The van der Waals surface area contributed by atoms with Gasteiger partial charge in [-0.3, -0.25) is 19.5 Å². The summed E-state index contributed by atoms with van der Waals surface area (Å²) in [6.45, 7) is 0.454. The second kappa shape index (κ2) is 10.4. The van der Waals surface area contributed by atoms with Crippen molar-refractivity contribution in [2.45, 2.75) is 18.9 Å². The lowest BCUT2D eigenvalue weighted by Crippen LogP contribution is -2.39. The van der Waals surface area contributed by atoms with Gasteiger partial charge in [-0.15, -0.1) is 0 Å². The molecule has 34 heavy (non-hydrogen) atoms. The summed E-state index contributed by atoms with van der Waals surface area (Å²) in [4.78, 5) is 33.5. The first-order valence-corrected chi connectivity index (χ1v) is 11.1. The fourth-order valence-electron chi connectivity index (χ4n) is 3.78. The number of pyridine rings is 1. The van der Waals surface area contributed by atoms with E-state index in [9.17, 15) is 14.0 Å². The minimum atomic E-state index is -0.767. The van der Waals surface area contributed by atoms with Crippen molar-refractivity contribution in [2.24, 2.45) is 0 Å². The van der Waals surface area contributed by atoms with E-state index in [1.54, 1.807) is 48.7 Å². The number of carbonyl (C=O) groups excluding carboxylic acids is 2. The molecule has 0 saturated carbocycles. The number of benzene rings is 2. The molecule has 0 radical (unpaired) electrons. The van der Waals surface area contributed by atoms with Crippen LogP contribution in [0.3, 0.4) is 0 Å². The summed E-state index contributed by atoms with van der Waals surface area (Å²) >= 11 is 5.69. The first-order valence-electron chi connectivity index (χ1n) is 10.7. The molecule has 2 heterocycles. The molecule has 1 saturated heterocycles. The summed E-state index contributed by atoms with van der Waals surface area (Å²) in [5.74, 6) is -0.379. The average molecular weight is 479 g/mol. The average Bonchev–Trinajstić information content (AvgIpc) is 3.08. The Hall–Kier alpha value is -3.85. The highest BCUT2D eigenvalue weighted by molar-refractivity contribution is 7.80. The Balaban J connectivity index is 1.55. The van der Waals surface area contributed by atoms with Crippen LogP contribution in [0, 0.1) is 5.82 Å². The molecule has 1 aliphatic heterocycles. The van der Waals surface area contributed by atoms with Gasteiger partial charge in [-0.25, -0.2) is 4.39 Å². The molecule has 3 aromatic rings. The van der Waals surface area contributed by atoms with Crippen molar-refractivity contribution in [3.8, 4) is 5.75 Å². The van der Waals surface area contributed by atoms with Crippen LogP contribution in [-0.2, 0) is 16.0 Å². The van der Waals surface area contributed by atoms with E-state index in [0.29, 0.717) is 35.2 Å². The summed E-state index contributed by atoms with van der Waals surface area (Å²) in [6.07, 6.45) is 3.95. The molecule has 0 spiro atoms. The van der Waals surface area contributed by atoms with Gasteiger partial charge in [0.25, 0.3) is 5.91 Å². The summed E-state index contributed by atoms with van der Waals surface area (Å²) in [5.41, 5.74) is 2.10. The number of nitrogens with one attached hydrogen (secondary N) is 1. The third-order valence-corrected chi connectivity index (χ3v) is 5.96. The van der Waals surface area contributed by atoms with E-state index in [0.717, 1.165) is 5.56 Å². The molecule has 0 bridgehead atoms. The van der Waals surface area contributed by atoms with Gasteiger partial charge < -0.3 is 15.0 Å². The number of hydrogen-bond donors (Lipinski definition) is 1. The number of aromatic nitrogens is 1. The number of halogens is 1. The molecule has 1 aliphatic rings. The molecule has 1 N–H and O–H groups in total. The van der Waals surface area contributed by atoms with Crippen molar-refractivity contribution in [1.29, 1.82) is 0 Å². The maximum absolute atomic E-state index is 13.5. The largest absolute Gasteiger partial charge is 0.497 e. The van der Waals surface area contributed by atoms with E-state index in [-0.39, 0.29) is 18.2 Å². The van der Waals surface area contributed by atoms with Crippen molar-refractivity contribution in [3.05, 3.63) is 84.4 Å². The molecule has 4 rings (SSSR count). The van der Waals surface area contributed by atoms with Crippen molar-refractivity contribution in [2.75, 3.05) is 23.9 Å². The Bertz CT molecular complexity index is 1170. The zero-order valence-corrected chi connectivity index (χ0v) is 19.3. The Morgan fingerprint density at radius 3 is 2.41 bits per heavy atom. The van der Waals surface area contributed by atoms with Gasteiger partial charge in [0.1, 0.15) is 17.6 Å². The number of hydrogen-bond acceptors (Lipinski definition) is 5. The molecular formula is C25H23FN4O3S. The summed E-state index contributed by atoms with van der Waals surface area (Å²) in [7, 11) is 1.57. The van der Waals surface area contributed by atoms with Crippen molar-refractivity contribution in [3.63, 3.8) is 0 Å². The molecular weight excluding hydrogens is 455 g/mol. The van der Waals surface area contributed by atoms with Crippen LogP contribution >= 0.6 is 12.2 Å². The summed E-state index contributed by atoms with van der Waals surface area (Å²) in [5, 5.41) is 3.06. The zero-order valence-electron chi connectivity index (χ0n) is 18.5. The number of anilines is 2. The van der Waals surface area contributed by atoms with Crippen molar-refractivity contribution < 1.29 is 18.7 Å². The van der Waals surface area contributed by atoms with Crippen molar-refractivity contribution >= 4 is 40.5 Å². The highest BCUT2D eigenvalue weighted by atomic mass is 32.1. The zero-order chi connectivity index (χ0) is 24.1. The third kappa shape index (κ3) is 5.20. The van der Waals surface area contributed by atoms with Crippen LogP contribution in [0.2, 0.25) is 0 Å². The lowest BCUT2D eigenvalue weighted by molar-refractivity contribution is -0.124. The molecule has 7 nitrogen and oxygen atoms in total. The predicted octanol–water partition coefficient (Wildman–Crippen LogP) is 3.80. The van der Waals surface area contributed by atoms with Crippen LogP contribution in [-0.4, -0.2) is 46.5 Å². The molecule has 174 valence electrons. The summed E-state index contributed by atoms with van der Waals surface area (Å²) < 4.78 is 18.4. The monoisotopic (exact) mass is 478 g/mol. The standard InChI is InChI=1S/C25H23FN4O3S/c1-33-21-8-6-20(7-9-21)30-24(32)22(16-23(31)28-19-4-2-18(26)3-5-19)29(25(30)34)15-12-17-10-13-27-14-11-17/h2-11,13-14,22H,12,15-16H2,1H3,(H,28,31). The Kier molecular flexibility index (Phi) is 7.12. The van der Waals surface area contributed by atoms with Crippen LogP contribution in [0.1, 0.15) is 12.0 Å². The van der Waals surface area contributed by atoms with E-state index in [1.165, 1.54) is 29.2 Å². The minimum absolute atomic E-state index is 0.0979. The highest BCUT2D eigenvalue weighted by Crippen LogP contribution is 2.29. The number of rotatable bonds is 8. The van der Waals surface area contributed by atoms with Crippen LogP contribution in [0.5, 0.6) is 5.75 Å². The van der Waals surface area contributed by atoms with Gasteiger partial charge in [0.2, 0.25) is 5.91 Å².